The molecule has 3 nitrogen and oxygen atoms in total. The lowest BCUT2D eigenvalue weighted by atomic mass is 10.1. The Morgan fingerprint density at radius 3 is 2.10 bits per heavy atom. The minimum Gasteiger partial charge on any atom is -0.377 e. The summed E-state index contributed by atoms with van der Waals surface area (Å²) in [5.41, 5.74) is 1.27. The van der Waals surface area contributed by atoms with Crippen molar-refractivity contribution in [1.82, 2.24) is 0 Å². The van der Waals surface area contributed by atoms with E-state index in [4.69, 9.17) is 13.3 Å². The Labute approximate surface area is 130 Å². The van der Waals surface area contributed by atoms with Crippen LogP contribution in [0.2, 0.25) is 6.04 Å². The monoisotopic (exact) mass is 308 g/mol. The zero-order valence-electron chi connectivity index (χ0n) is 13.5. The molecule has 0 radical (unpaired) electrons. The highest BCUT2D eigenvalue weighted by atomic mass is 28.4. The third-order valence-electron chi connectivity index (χ3n) is 3.65. The second-order valence-corrected chi connectivity index (χ2v) is 8.15. The molecule has 0 spiro atoms. The average molecular weight is 308 g/mol. The maximum absolute atomic E-state index is 5.41. The van der Waals surface area contributed by atoms with Gasteiger partial charge in [0.25, 0.3) is 0 Å². The van der Waals surface area contributed by atoms with Crippen LogP contribution in [0.15, 0.2) is 36.4 Å². The number of hydrogen-bond donors (Lipinski definition) is 0. The molecule has 0 aromatic heterocycles. The van der Waals surface area contributed by atoms with Gasteiger partial charge in [-0.15, -0.1) is 0 Å². The predicted octanol–water partition coefficient (Wildman–Crippen LogP) is 4.53. The van der Waals surface area contributed by atoms with Gasteiger partial charge in [-0.25, -0.2) is 0 Å². The highest BCUT2D eigenvalue weighted by molar-refractivity contribution is 6.60. The number of benzene rings is 1. The van der Waals surface area contributed by atoms with Gasteiger partial charge in [-0.1, -0.05) is 55.3 Å². The summed E-state index contributed by atoms with van der Waals surface area (Å²) in [5, 5.41) is 0. The van der Waals surface area contributed by atoms with Crippen LogP contribution >= 0.6 is 0 Å². The quantitative estimate of drug-likeness (QED) is 0.444. The average Bonchev–Trinajstić information content (AvgIpc) is 2.55. The van der Waals surface area contributed by atoms with Gasteiger partial charge >= 0.3 is 8.80 Å². The van der Waals surface area contributed by atoms with Gasteiger partial charge in [0.05, 0.1) is 0 Å². The van der Waals surface area contributed by atoms with E-state index in [1.807, 2.05) is 6.07 Å². The van der Waals surface area contributed by atoms with E-state index in [1.54, 1.807) is 21.3 Å². The van der Waals surface area contributed by atoms with Gasteiger partial charge in [0.15, 0.2) is 0 Å². The smallest absolute Gasteiger partial charge is 0.377 e. The first-order valence-electron chi connectivity index (χ1n) is 7.63. The van der Waals surface area contributed by atoms with Crippen LogP contribution in [-0.2, 0) is 13.3 Å². The first-order chi connectivity index (χ1) is 10.3. The Hall–Kier alpha value is -0.943. The zero-order chi connectivity index (χ0) is 15.4. The summed E-state index contributed by atoms with van der Waals surface area (Å²) in [6, 6.07) is 11.3. The number of allylic oxidation sites excluding steroid dienone is 1. The maximum Gasteiger partial charge on any atom is 0.500 e. The zero-order valence-corrected chi connectivity index (χ0v) is 14.5. The Morgan fingerprint density at radius 1 is 0.857 bits per heavy atom. The molecular weight excluding hydrogens is 280 g/mol. The molecule has 21 heavy (non-hydrogen) atoms. The molecule has 0 saturated carbocycles. The lowest BCUT2D eigenvalue weighted by molar-refractivity contribution is 0.122. The van der Waals surface area contributed by atoms with Crippen molar-refractivity contribution >= 4 is 14.9 Å². The van der Waals surface area contributed by atoms with Crippen molar-refractivity contribution in [2.24, 2.45) is 0 Å². The van der Waals surface area contributed by atoms with Crippen molar-refractivity contribution in [3.8, 4) is 0 Å². The Kier molecular flexibility index (Phi) is 9.26. The molecule has 0 aliphatic carbocycles. The van der Waals surface area contributed by atoms with E-state index in [1.165, 1.54) is 24.8 Å². The van der Waals surface area contributed by atoms with Gasteiger partial charge in [-0.05, 0) is 24.8 Å². The molecule has 0 fully saturated rings. The molecular formula is C17H28O3Si. The molecule has 0 bridgehead atoms. The molecule has 1 rings (SSSR count). The van der Waals surface area contributed by atoms with Crippen molar-refractivity contribution in [2.75, 3.05) is 21.3 Å². The Morgan fingerprint density at radius 2 is 1.48 bits per heavy atom. The van der Waals surface area contributed by atoms with E-state index in [9.17, 15) is 0 Å². The van der Waals surface area contributed by atoms with Crippen LogP contribution in [0.1, 0.15) is 37.7 Å². The largest absolute Gasteiger partial charge is 0.500 e. The van der Waals surface area contributed by atoms with Crippen molar-refractivity contribution in [2.45, 2.75) is 38.1 Å². The Bertz CT molecular complexity index is 380. The van der Waals surface area contributed by atoms with Gasteiger partial charge < -0.3 is 13.3 Å². The molecule has 0 aliphatic rings. The summed E-state index contributed by atoms with van der Waals surface area (Å²) in [5.74, 6) is 0. The van der Waals surface area contributed by atoms with Gasteiger partial charge in [0.1, 0.15) is 0 Å². The number of hydrogen-bond acceptors (Lipinski definition) is 3. The van der Waals surface area contributed by atoms with Crippen LogP contribution in [0.4, 0.5) is 0 Å². The fraction of sp³-hybridized carbons (Fsp3) is 0.529. The van der Waals surface area contributed by atoms with Crippen LogP contribution in [0.5, 0.6) is 0 Å². The summed E-state index contributed by atoms with van der Waals surface area (Å²) >= 11 is 0. The van der Waals surface area contributed by atoms with Crippen LogP contribution < -0.4 is 0 Å². The third-order valence-corrected chi connectivity index (χ3v) is 6.48. The van der Waals surface area contributed by atoms with E-state index >= 15 is 0 Å². The molecule has 0 N–H and O–H groups in total. The topological polar surface area (TPSA) is 27.7 Å². The van der Waals surface area contributed by atoms with Crippen LogP contribution in [0.3, 0.4) is 0 Å². The van der Waals surface area contributed by atoms with E-state index < -0.39 is 8.80 Å². The summed E-state index contributed by atoms with van der Waals surface area (Å²) in [7, 11) is 2.67. The second-order valence-electron chi connectivity index (χ2n) is 5.06. The minimum absolute atomic E-state index is 0.899. The molecule has 118 valence electrons. The molecule has 0 saturated heterocycles. The first kappa shape index (κ1) is 18.1. The fourth-order valence-corrected chi connectivity index (χ4v) is 4.09. The summed E-state index contributed by atoms with van der Waals surface area (Å²) in [4.78, 5) is 0. The van der Waals surface area contributed by atoms with Gasteiger partial charge in [-0.3, -0.25) is 0 Å². The van der Waals surface area contributed by atoms with E-state index in [2.05, 4.69) is 36.4 Å². The molecule has 0 amide bonds. The fourth-order valence-electron chi connectivity index (χ4n) is 2.30. The second kappa shape index (κ2) is 10.7. The lowest BCUT2D eigenvalue weighted by Crippen LogP contribution is -2.42. The predicted molar refractivity (Wildman–Crippen MR) is 90.1 cm³/mol. The van der Waals surface area contributed by atoms with Crippen molar-refractivity contribution < 1.29 is 13.3 Å². The normalized spacial score (nSPS) is 12.1. The SMILES string of the molecule is CO[Si](CCCCCCC=Cc1ccccc1)(OC)OC. The van der Waals surface area contributed by atoms with E-state index in [-0.39, 0.29) is 0 Å². The maximum atomic E-state index is 5.41. The molecule has 1 aromatic rings. The summed E-state index contributed by atoms with van der Waals surface area (Å²) < 4.78 is 16.2. The third kappa shape index (κ3) is 7.04. The summed E-state index contributed by atoms with van der Waals surface area (Å²) in [6.07, 6.45) is 10.3. The molecule has 0 heterocycles. The van der Waals surface area contributed by atoms with Crippen molar-refractivity contribution in [1.29, 1.82) is 0 Å². The summed E-state index contributed by atoms with van der Waals surface area (Å²) in [6.45, 7) is 0. The van der Waals surface area contributed by atoms with Crippen molar-refractivity contribution in [3.05, 3.63) is 42.0 Å². The highest BCUT2D eigenvalue weighted by Crippen LogP contribution is 2.18. The lowest BCUT2D eigenvalue weighted by Gasteiger charge is -2.24. The van der Waals surface area contributed by atoms with Gasteiger partial charge in [-0.2, -0.15) is 0 Å². The highest BCUT2D eigenvalue weighted by Gasteiger charge is 2.36. The van der Waals surface area contributed by atoms with Crippen molar-refractivity contribution in [3.63, 3.8) is 0 Å². The standard InChI is InChI=1S/C17H28O3Si/c1-18-21(19-2,20-3)16-12-7-5-4-6-9-13-17-14-10-8-11-15-17/h8-11,13-15H,4-7,12,16H2,1-3H3. The van der Waals surface area contributed by atoms with E-state index in [0.717, 1.165) is 18.9 Å². The molecule has 1 aromatic carbocycles. The number of rotatable bonds is 11. The number of unbranched alkanes of at least 4 members (excludes halogenated alkanes) is 4. The van der Waals surface area contributed by atoms with Crippen LogP contribution in [-0.4, -0.2) is 30.1 Å². The first-order valence-corrected chi connectivity index (χ1v) is 9.56. The molecule has 0 atom stereocenters. The van der Waals surface area contributed by atoms with E-state index in [0.29, 0.717) is 0 Å². The minimum atomic E-state index is -2.35. The van der Waals surface area contributed by atoms with Gasteiger partial charge in [0, 0.05) is 27.4 Å². The van der Waals surface area contributed by atoms with Crippen LogP contribution in [0, 0.1) is 0 Å². The molecule has 4 heteroatoms. The van der Waals surface area contributed by atoms with Crippen LogP contribution in [0.25, 0.3) is 6.08 Å². The molecule has 0 unspecified atom stereocenters. The van der Waals surface area contributed by atoms with Gasteiger partial charge in [0.2, 0.25) is 0 Å². The Balaban J connectivity index is 2.08. The molecule has 0 aliphatic heterocycles.